The van der Waals surface area contributed by atoms with Crippen molar-refractivity contribution in [2.75, 3.05) is 18.0 Å². The maximum Gasteiger partial charge on any atom is 0.219 e. The Morgan fingerprint density at radius 2 is 1.83 bits per heavy atom. The van der Waals surface area contributed by atoms with Crippen LogP contribution in [0.2, 0.25) is 0 Å². The number of benzene rings is 1. The van der Waals surface area contributed by atoms with E-state index < -0.39 is 0 Å². The Balaban J connectivity index is 1.65. The van der Waals surface area contributed by atoms with Gasteiger partial charge in [-0.25, -0.2) is 4.98 Å². The molecule has 23 heavy (non-hydrogen) atoms. The molecule has 5 heteroatoms. The van der Waals surface area contributed by atoms with Gasteiger partial charge in [0.2, 0.25) is 5.91 Å². The first kappa shape index (κ1) is 14.4. The highest BCUT2D eigenvalue weighted by Crippen LogP contribution is 2.33. The maximum absolute atomic E-state index is 11.9. The van der Waals surface area contributed by atoms with Gasteiger partial charge in [0, 0.05) is 20.0 Å². The number of carbonyl (C=O) groups is 1. The molecule has 2 fully saturated rings. The van der Waals surface area contributed by atoms with Crippen LogP contribution in [0.4, 0.5) is 5.82 Å². The van der Waals surface area contributed by atoms with E-state index >= 15 is 0 Å². The second-order valence-corrected chi connectivity index (χ2v) is 6.54. The molecule has 4 rings (SSSR count). The fourth-order valence-electron chi connectivity index (χ4n) is 4.15. The molecule has 1 aromatic carbocycles. The molecule has 0 saturated carbocycles. The lowest BCUT2D eigenvalue weighted by atomic mass is 10.0. The normalized spacial score (nSPS) is 24.6. The monoisotopic (exact) mass is 310 g/mol. The summed E-state index contributed by atoms with van der Waals surface area (Å²) in [7, 11) is 0. The van der Waals surface area contributed by atoms with Gasteiger partial charge in [-0.2, -0.15) is 0 Å². The summed E-state index contributed by atoms with van der Waals surface area (Å²) in [5.74, 6) is 1.14. The minimum absolute atomic E-state index is 0.198. The molecule has 1 aromatic heterocycles. The molecule has 1 amide bonds. The summed E-state index contributed by atoms with van der Waals surface area (Å²) in [5.41, 5.74) is 1.86. The summed E-state index contributed by atoms with van der Waals surface area (Å²) in [4.78, 5) is 25.7. The quantitative estimate of drug-likeness (QED) is 0.855. The number of anilines is 1. The van der Waals surface area contributed by atoms with E-state index in [-0.39, 0.29) is 5.91 Å². The van der Waals surface area contributed by atoms with E-state index in [1.54, 1.807) is 6.92 Å². The first-order chi connectivity index (χ1) is 11.2. The second kappa shape index (κ2) is 5.80. The van der Waals surface area contributed by atoms with Gasteiger partial charge in [0.25, 0.3) is 0 Å². The van der Waals surface area contributed by atoms with Crippen LogP contribution in [0.15, 0.2) is 30.5 Å². The van der Waals surface area contributed by atoms with Gasteiger partial charge in [0.1, 0.15) is 5.82 Å². The fourth-order valence-corrected chi connectivity index (χ4v) is 4.15. The molecular formula is C18H22N4O. The number of para-hydroxylation sites is 2. The SMILES string of the molecule is CC(=O)N1CCC[C@@H]1[C@@H]1CCCN1c1cnc2ccccc2n1. The van der Waals surface area contributed by atoms with Crippen molar-refractivity contribution in [2.45, 2.75) is 44.7 Å². The van der Waals surface area contributed by atoms with E-state index in [1.807, 2.05) is 30.5 Å². The van der Waals surface area contributed by atoms with Gasteiger partial charge in [0.05, 0.1) is 29.3 Å². The Hall–Kier alpha value is -2.17. The minimum atomic E-state index is 0.198. The van der Waals surface area contributed by atoms with Crippen LogP contribution < -0.4 is 4.90 Å². The van der Waals surface area contributed by atoms with Gasteiger partial charge in [-0.05, 0) is 37.8 Å². The summed E-state index contributed by atoms with van der Waals surface area (Å²) in [5, 5.41) is 0. The number of carbonyl (C=O) groups excluding carboxylic acids is 1. The molecule has 0 spiro atoms. The van der Waals surface area contributed by atoms with Gasteiger partial charge < -0.3 is 9.80 Å². The minimum Gasteiger partial charge on any atom is -0.350 e. The Morgan fingerprint density at radius 3 is 2.65 bits per heavy atom. The van der Waals surface area contributed by atoms with E-state index in [0.717, 1.165) is 55.6 Å². The third-order valence-corrected chi connectivity index (χ3v) is 5.18. The van der Waals surface area contributed by atoms with Crippen LogP contribution in [-0.2, 0) is 4.79 Å². The zero-order valence-corrected chi connectivity index (χ0v) is 13.5. The van der Waals surface area contributed by atoms with Crippen LogP contribution in [0.3, 0.4) is 0 Å². The van der Waals surface area contributed by atoms with Gasteiger partial charge >= 0.3 is 0 Å². The molecule has 2 aliphatic heterocycles. The van der Waals surface area contributed by atoms with Crippen molar-refractivity contribution in [1.29, 1.82) is 0 Å². The molecule has 3 heterocycles. The predicted octanol–water partition coefficient (Wildman–Crippen LogP) is 2.61. The summed E-state index contributed by atoms with van der Waals surface area (Å²) < 4.78 is 0. The zero-order chi connectivity index (χ0) is 15.8. The highest BCUT2D eigenvalue weighted by atomic mass is 16.2. The highest BCUT2D eigenvalue weighted by molar-refractivity contribution is 5.76. The van der Waals surface area contributed by atoms with Crippen LogP contribution >= 0.6 is 0 Å². The number of hydrogen-bond donors (Lipinski definition) is 0. The summed E-state index contributed by atoms with van der Waals surface area (Å²) in [6.07, 6.45) is 6.37. The Bertz CT molecular complexity index is 732. The van der Waals surface area contributed by atoms with Crippen LogP contribution in [-0.4, -0.2) is 45.9 Å². The van der Waals surface area contributed by atoms with Crippen molar-refractivity contribution in [2.24, 2.45) is 0 Å². The lowest BCUT2D eigenvalue weighted by Crippen LogP contribution is -2.48. The summed E-state index contributed by atoms with van der Waals surface area (Å²) in [6, 6.07) is 8.67. The third kappa shape index (κ3) is 2.54. The van der Waals surface area contributed by atoms with Crippen LogP contribution in [0.25, 0.3) is 11.0 Å². The molecule has 2 aromatic rings. The molecule has 2 aliphatic rings. The molecule has 120 valence electrons. The van der Waals surface area contributed by atoms with Crippen molar-refractivity contribution in [3.8, 4) is 0 Å². The van der Waals surface area contributed by atoms with E-state index in [4.69, 9.17) is 4.98 Å². The first-order valence-corrected chi connectivity index (χ1v) is 8.50. The van der Waals surface area contributed by atoms with Gasteiger partial charge in [-0.1, -0.05) is 12.1 Å². The highest BCUT2D eigenvalue weighted by Gasteiger charge is 2.39. The lowest BCUT2D eigenvalue weighted by Gasteiger charge is -2.35. The van der Waals surface area contributed by atoms with E-state index in [2.05, 4.69) is 14.8 Å². The Labute approximate surface area is 136 Å². The van der Waals surface area contributed by atoms with E-state index in [9.17, 15) is 4.79 Å². The predicted molar refractivity (Wildman–Crippen MR) is 90.3 cm³/mol. The number of hydrogen-bond acceptors (Lipinski definition) is 4. The third-order valence-electron chi connectivity index (χ3n) is 5.18. The van der Waals surface area contributed by atoms with E-state index in [0.29, 0.717) is 12.1 Å². The number of aromatic nitrogens is 2. The largest absolute Gasteiger partial charge is 0.350 e. The van der Waals surface area contributed by atoms with Gasteiger partial charge in [-0.3, -0.25) is 9.78 Å². The molecular weight excluding hydrogens is 288 g/mol. The van der Waals surface area contributed by atoms with Crippen LogP contribution in [0.1, 0.15) is 32.6 Å². The van der Waals surface area contributed by atoms with Gasteiger partial charge in [-0.15, -0.1) is 0 Å². The lowest BCUT2D eigenvalue weighted by molar-refractivity contribution is -0.129. The molecule has 0 unspecified atom stereocenters. The zero-order valence-electron chi connectivity index (χ0n) is 13.5. The van der Waals surface area contributed by atoms with E-state index in [1.165, 1.54) is 0 Å². The van der Waals surface area contributed by atoms with Crippen molar-refractivity contribution < 1.29 is 4.79 Å². The van der Waals surface area contributed by atoms with Crippen molar-refractivity contribution in [3.05, 3.63) is 30.5 Å². The standard InChI is InChI=1S/C18H22N4O/c1-13(23)21-10-4-8-16(21)17-9-5-11-22(17)18-12-19-14-6-2-3-7-15(14)20-18/h2-3,6-7,12,16-17H,4-5,8-11H2,1H3/t16-,17+/m1/s1. The Kier molecular flexibility index (Phi) is 3.63. The molecule has 0 radical (unpaired) electrons. The summed E-state index contributed by atoms with van der Waals surface area (Å²) in [6.45, 7) is 3.58. The molecule has 0 bridgehead atoms. The molecule has 5 nitrogen and oxygen atoms in total. The van der Waals surface area contributed by atoms with Crippen molar-refractivity contribution in [1.82, 2.24) is 14.9 Å². The maximum atomic E-state index is 11.9. The number of nitrogens with zero attached hydrogens (tertiary/aromatic N) is 4. The molecule has 0 aliphatic carbocycles. The van der Waals surface area contributed by atoms with Gasteiger partial charge in [0.15, 0.2) is 0 Å². The van der Waals surface area contributed by atoms with Crippen molar-refractivity contribution >= 4 is 22.8 Å². The molecule has 2 atom stereocenters. The van der Waals surface area contributed by atoms with Crippen molar-refractivity contribution in [3.63, 3.8) is 0 Å². The number of rotatable bonds is 2. The summed E-state index contributed by atoms with van der Waals surface area (Å²) >= 11 is 0. The molecule has 2 saturated heterocycles. The number of amides is 1. The average Bonchev–Trinajstić information content (AvgIpc) is 3.22. The topological polar surface area (TPSA) is 49.3 Å². The molecule has 0 N–H and O–H groups in total. The van der Waals surface area contributed by atoms with Crippen LogP contribution in [0, 0.1) is 0 Å². The number of fused-ring (bicyclic) bond motifs is 1. The smallest absolute Gasteiger partial charge is 0.219 e. The second-order valence-electron chi connectivity index (χ2n) is 6.54. The Morgan fingerprint density at radius 1 is 1.09 bits per heavy atom. The first-order valence-electron chi connectivity index (χ1n) is 8.50. The number of likely N-dealkylation sites (tertiary alicyclic amines) is 1. The average molecular weight is 310 g/mol. The van der Waals surface area contributed by atoms with Crippen LogP contribution in [0.5, 0.6) is 0 Å². The fraction of sp³-hybridized carbons (Fsp3) is 0.500.